The molecule has 2 aromatic rings. The van der Waals surface area contributed by atoms with E-state index in [9.17, 15) is 9.59 Å². The van der Waals surface area contributed by atoms with E-state index in [1.807, 2.05) is 29.2 Å². The van der Waals surface area contributed by atoms with Crippen molar-refractivity contribution in [2.45, 2.75) is 26.3 Å². The normalized spacial score (nSPS) is 17.5. The predicted molar refractivity (Wildman–Crippen MR) is 94.1 cm³/mol. The standard InChI is InChI=1S/C19H24N2O3/c1-14(17(22)20-12-19(2,13-20)9-11-24-3)21-10-8-15-6-4-5-7-16(15)18(21)23/h4-8,10,14H,9,11-13H2,1-3H3. The number of hydrogen-bond acceptors (Lipinski definition) is 3. The monoisotopic (exact) mass is 328 g/mol. The Balaban J connectivity index is 1.76. The van der Waals surface area contributed by atoms with Crippen LogP contribution in [0.5, 0.6) is 0 Å². The van der Waals surface area contributed by atoms with E-state index in [2.05, 4.69) is 6.92 Å². The van der Waals surface area contributed by atoms with Crippen LogP contribution >= 0.6 is 0 Å². The number of benzene rings is 1. The second-order valence-electron chi connectivity index (χ2n) is 7.04. The third-order valence-electron chi connectivity index (χ3n) is 4.98. The lowest BCUT2D eigenvalue weighted by molar-refractivity contribution is -0.146. The molecule has 1 aromatic heterocycles. The molecule has 1 amide bonds. The molecular formula is C19H24N2O3. The van der Waals surface area contributed by atoms with Gasteiger partial charge in [-0.25, -0.2) is 0 Å². The van der Waals surface area contributed by atoms with Crippen LogP contribution in [0.4, 0.5) is 0 Å². The van der Waals surface area contributed by atoms with Gasteiger partial charge in [0.15, 0.2) is 0 Å². The van der Waals surface area contributed by atoms with Crippen LogP contribution in [0.25, 0.3) is 10.8 Å². The minimum absolute atomic E-state index is 0.00210. The fraction of sp³-hybridized carbons (Fsp3) is 0.474. The quantitative estimate of drug-likeness (QED) is 0.847. The van der Waals surface area contributed by atoms with Gasteiger partial charge in [0.05, 0.1) is 0 Å². The summed E-state index contributed by atoms with van der Waals surface area (Å²) in [6.07, 6.45) is 2.66. The Morgan fingerprint density at radius 3 is 2.71 bits per heavy atom. The van der Waals surface area contributed by atoms with E-state index in [1.165, 1.54) is 4.57 Å². The summed E-state index contributed by atoms with van der Waals surface area (Å²) in [6.45, 7) is 6.12. The fourth-order valence-electron chi connectivity index (χ4n) is 3.43. The molecule has 5 heteroatoms. The number of likely N-dealkylation sites (tertiary alicyclic amines) is 1. The summed E-state index contributed by atoms with van der Waals surface area (Å²) in [5, 5.41) is 1.54. The summed E-state index contributed by atoms with van der Waals surface area (Å²) < 4.78 is 6.67. The number of hydrogen-bond donors (Lipinski definition) is 0. The number of amides is 1. The maximum Gasteiger partial charge on any atom is 0.259 e. The second-order valence-corrected chi connectivity index (χ2v) is 7.04. The summed E-state index contributed by atoms with van der Waals surface area (Å²) in [7, 11) is 1.69. The molecule has 128 valence electrons. The van der Waals surface area contributed by atoms with Crippen LogP contribution in [-0.2, 0) is 9.53 Å². The highest BCUT2D eigenvalue weighted by Gasteiger charge is 2.42. The van der Waals surface area contributed by atoms with E-state index in [0.717, 1.165) is 24.9 Å². The number of carbonyl (C=O) groups is 1. The van der Waals surface area contributed by atoms with Crippen molar-refractivity contribution in [2.75, 3.05) is 26.8 Å². The molecule has 0 spiro atoms. The molecule has 0 radical (unpaired) electrons. The Labute approximate surface area is 141 Å². The Hall–Kier alpha value is -2.14. The molecule has 0 bridgehead atoms. The summed E-state index contributed by atoms with van der Waals surface area (Å²) in [4.78, 5) is 27.2. The zero-order valence-electron chi connectivity index (χ0n) is 14.5. The van der Waals surface area contributed by atoms with Gasteiger partial charge in [-0.15, -0.1) is 0 Å². The zero-order valence-corrected chi connectivity index (χ0v) is 14.5. The number of aromatic nitrogens is 1. The van der Waals surface area contributed by atoms with Crippen molar-refractivity contribution >= 4 is 16.7 Å². The summed E-state index contributed by atoms with van der Waals surface area (Å²) >= 11 is 0. The van der Waals surface area contributed by atoms with Crippen LogP contribution in [0, 0.1) is 5.41 Å². The Bertz CT molecular complexity index is 806. The number of nitrogens with zero attached hydrogens (tertiary/aromatic N) is 2. The van der Waals surface area contributed by atoms with Gasteiger partial charge in [-0.05, 0) is 30.9 Å². The highest BCUT2D eigenvalue weighted by molar-refractivity contribution is 5.83. The highest BCUT2D eigenvalue weighted by atomic mass is 16.5. The van der Waals surface area contributed by atoms with Gasteiger partial charge in [0.1, 0.15) is 6.04 Å². The summed E-state index contributed by atoms with van der Waals surface area (Å²) in [5.74, 6) is 0.00210. The first-order chi connectivity index (χ1) is 11.4. The van der Waals surface area contributed by atoms with Gasteiger partial charge in [0.2, 0.25) is 5.91 Å². The molecule has 0 saturated carbocycles. The van der Waals surface area contributed by atoms with Crippen molar-refractivity contribution in [3.05, 3.63) is 46.9 Å². The van der Waals surface area contributed by atoms with E-state index in [4.69, 9.17) is 4.74 Å². The van der Waals surface area contributed by atoms with Gasteiger partial charge in [-0.1, -0.05) is 25.1 Å². The molecular weight excluding hydrogens is 304 g/mol. The SMILES string of the molecule is COCCC1(C)CN(C(=O)C(C)n2ccc3ccccc3c2=O)C1. The Morgan fingerprint density at radius 1 is 1.29 bits per heavy atom. The average Bonchev–Trinajstić information content (AvgIpc) is 2.57. The van der Waals surface area contributed by atoms with E-state index >= 15 is 0 Å². The number of fused-ring (bicyclic) bond motifs is 1. The van der Waals surface area contributed by atoms with Gasteiger partial charge < -0.3 is 14.2 Å². The van der Waals surface area contributed by atoms with Gasteiger partial charge in [0.25, 0.3) is 5.56 Å². The molecule has 24 heavy (non-hydrogen) atoms. The van der Waals surface area contributed by atoms with Gasteiger partial charge in [-0.3, -0.25) is 9.59 Å². The first-order valence-corrected chi connectivity index (χ1v) is 8.33. The molecule has 1 aliphatic rings. The summed E-state index contributed by atoms with van der Waals surface area (Å²) in [5.41, 5.74) is 0.0105. The van der Waals surface area contributed by atoms with Crippen LogP contribution in [0.3, 0.4) is 0 Å². The van der Waals surface area contributed by atoms with Crippen LogP contribution in [0.1, 0.15) is 26.3 Å². The lowest BCUT2D eigenvalue weighted by Gasteiger charge is -2.49. The predicted octanol–water partition coefficient (Wildman–Crippen LogP) is 2.45. The number of methoxy groups -OCH3 is 1. The van der Waals surface area contributed by atoms with E-state index < -0.39 is 6.04 Å². The third-order valence-corrected chi connectivity index (χ3v) is 4.98. The molecule has 1 aliphatic heterocycles. The molecule has 1 aromatic carbocycles. The molecule has 1 fully saturated rings. The number of pyridine rings is 1. The van der Waals surface area contributed by atoms with Crippen molar-refractivity contribution in [3.8, 4) is 0 Å². The maximum atomic E-state index is 12.7. The lowest BCUT2D eigenvalue weighted by Crippen LogP contribution is -2.58. The maximum absolute atomic E-state index is 12.7. The average molecular weight is 328 g/mol. The summed E-state index contributed by atoms with van der Waals surface area (Å²) in [6, 6.07) is 8.85. The third kappa shape index (κ3) is 2.96. The molecule has 3 rings (SSSR count). The minimum atomic E-state index is -0.492. The first-order valence-electron chi connectivity index (χ1n) is 8.33. The molecule has 1 unspecified atom stereocenters. The lowest BCUT2D eigenvalue weighted by atomic mass is 9.79. The van der Waals surface area contributed by atoms with Gasteiger partial charge >= 0.3 is 0 Å². The number of carbonyl (C=O) groups excluding carboxylic acids is 1. The van der Waals surface area contributed by atoms with E-state index in [-0.39, 0.29) is 16.9 Å². The van der Waals surface area contributed by atoms with Crippen LogP contribution in [0.15, 0.2) is 41.3 Å². The van der Waals surface area contributed by atoms with E-state index in [1.54, 1.807) is 26.3 Å². The van der Waals surface area contributed by atoms with Crippen molar-refractivity contribution in [1.82, 2.24) is 9.47 Å². The van der Waals surface area contributed by atoms with Crippen molar-refractivity contribution in [3.63, 3.8) is 0 Å². The largest absolute Gasteiger partial charge is 0.385 e. The number of ether oxygens (including phenoxy) is 1. The topological polar surface area (TPSA) is 51.5 Å². The highest BCUT2D eigenvalue weighted by Crippen LogP contribution is 2.34. The molecule has 1 atom stereocenters. The molecule has 0 N–H and O–H groups in total. The molecule has 5 nitrogen and oxygen atoms in total. The van der Waals surface area contributed by atoms with Crippen molar-refractivity contribution in [2.24, 2.45) is 5.41 Å². The van der Waals surface area contributed by atoms with Gasteiger partial charge in [-0.2, -0.15) is 0 Å². The Morgan fingerprint density at radius 2 is 2.00 bits per heavy atom. The van der Waals surface area contributed by atoms with Crippen LogP contribution in [0.2, 0.25) is 0 Å². The second kappa shape index (κ2) is 6.40. The molecule has 2 heterocycles. The molecule has 1 saturated heterocycles. The zero-order chi connectivity index (χ0) is 17.3. The van der Waals surface area contributed by atoms with Crippen molar-refractivity contribution in [1.29, 1.82) is 0 Å². The minimum Gasteiger partial charge on any atom is -0.385 e. The first kappa shape index (κ1) is 16.7. The fourth-order valence-corrected chi connectivity index (χ4v) is 3.43. The van der Waals surface area contributed by atoms with Crippen LogP contribution < -0.4 is 5.56 Å². The number of rotatable bonds is 5. The smallest absolute Gasteiger partial charge is 0.259 e. The van der Waals surface area contributed by atoms with Crippen molar-refractivity contribution < 1.29 is 9.53 Å². The van der Waals surface area contributed by atoms with Gasteiger partial charge in [0, 0.05) is 43.8 Å². The van der Waals surface area contributed by atoms with Crippen LogP contribution in [-0.4, -0.2) is 42.2 Å². The Kier molecular flexibility index (Phi) is 4.45. The van der Waals surface area contributed by atoms with E-state index in [0.29, 0.717) is 12.0 Å². The molecule has 0 aliphatic carbocycles.